The van der Waals surface area contributed by atoms with Crippen molar-refractivity contribution in [1.82, 2.24) is 20.2 Å². The monoisotopic (exact) mass is 493 g/mol. The molecule has 1 aliphatic rings. The van der Waals surface area contributed by atoms with Gasteiger partial charge in [0.1, 0.15) is 0 Å². The molecule has 1 aromatic heterocycles. The maximum Gasteiger partial charge on any atom is 0.251 e. The Kier molecular flexibility index (Phi) is 8.14. The van der Waals surface area contributed by atoms with Gasteiger partial charge in [-0.1, -0.05) is 41.9 Å². The highest BCUT2D eigenvalue weighted by atomic mass is 35.5. The van der Waals surface area contributed by atoms with E-state index in [-0.39, 0.29) is 5.91 Å². The Bertz CT molecular complexity index is 1140. The number of anilines is 1. The van der Waals surface area contributed by atoms with Gasteiger partial charge in [0, 0.05) is 40.5 Å². The Morgan fingerprint density at radius 2 is 1.80 bits per heavy atom. The number of hydrogen-bond acceptors (Lipinski definition) is 4. The van der Waals surface area contributed by atoms with Crippen LogP contribution in [-0.2, 0) is 6.54 Å². The molecular weight excluding hydrogens is 458 g/mol. The molecule has 1 fully saturated rings. The molecular formula is C28H36ClN5O. The Labute approximate surface area is 213 Å². The average molecular weight is 494 g/mol. The number of nitrogens with zero attached hydrogens (tertiary/aromatic N) is 3. The normalized spacial score (nSPS) is 18.0. The fraction of sp³-hybridized carbons (Fsp3) is 0.429. The first-order valence-corrected chi connectivity index (χ1v) is 12.9. The topological polar surface area (TPSA) is 64.3 Å². The third kappa shape index (κ3) is 5.71. The minimum atomic E-state index is -0.132. The summed E-state index contributed by atoms with van der Waals surface area (Å²) in [6, 6.07) is 14.9. The third-order valence-electron chi connectivity index (χ3n) is 7.27. The molecule has 3 aromatic rings. The number of rotatable bonds is 8. The fourth-order valence-corrected chi connectivity index (χ4v) is 5.49. The molecule has 0 bridgehead atoms. The molecule has 0 spiro atoms. The standard InChI is InChI=1S/C28H36ClN5O/c1-5-34(23-13-11-22(12-14-23)33(3)4)26-16-21(29)15-24(19(26)2)28(35)30-17-25-27(32-18-31-25)20-9-7-6-8-10-20/h6-10,15-16,18,22-23H,5,11-14,17H2,1-4H3,(H,30,35)(H,31,32)/t22-,23-. The molecule has 1 saturated carbocycles. The predicted octanol–water partition coefficient (Wildman–Crippen LogP) is 5.67. The van der Waals surface area contributed by atoms with E-state index in [1.54, 1.807) is 12.4 Å². The van der Waals surface area contributed by atoms with Gasteiger partial charge < -0.3 is 20.1 Å². The van der Waals surface area contributed by atoms with E-state index in [1.165, 1.54) is 12.8 Å². The lowest BCUT2D eigenvalue weighted by atomic mass is 9.89. The van der Waals surface area contributed by atoms with Crippen molar-refractivity contribution in [1.29, 1.82) is 0 Å². The van der Waals surface area contributed by atoms with E-state index >= 15 is 0 Å². The first-order valence-electron chi connectivity index (χ1n) is 12.5. The highest BCUT2D eigenvalue weighted by Gasteiger charge is 2.28. The van der Waals surface area contributed by atoms with Gasteiger partial charge in [-0.05, 0) is 71.3 Å². The summed E-state index contributed by atoms with van der Waals surface area (Å²) in [6.45, 7) is 5.45. The Hall–Kier alpha value is -2.83. The van der Waals surface area contributed by atoms with Gasteiger partial charge in [0.15, 0.2) is 0 Å². The Morgan fingerprint density at radius 1 is 1.11 bits per heavy atom. The van der Waals surface area contributed by atoms with Crippen LogP contribution in [-0.4, -0.2) is 53.5 Å². The first kappa shape index (κ1) is 25.3. The summed E-state index contributed by atoms with van der Waals surface area (Å²) < 4.78 is 0. The van der Waals surface area contributed by atoms with Crippen LogP contribution in [0.15, 0.2) is 48.8 Å². The maximum atomic E-state index is 13.3. The summed E-state index contributed by atoms with van der Waals surface area (Å²) in [5.74, 6) is -0.132. The van der Waals surface area contributed by atoms with E-state index < -0.39 is 0 Å². The van der Waals surface area contributed by atoms with E-state index in [2.05, 4.69) is 46.1 Å². The van der Waals surface area contributed by atoms with Crippen LogP contribution in [0.5, 0.6) is 0 Å². The van der Waals surface area contributed by atoms with Crippen LogP contribution in [0.3, 0.4) is 0 Å². The summed E-state index contributed by atoms with van der Waals surface area (Å²) in [5, 5.41) is 3.65. The highest BCUT2D eigenvalue weighted by Crippen LogP contribution is 2.34. The maximum absolute atomic E-state index is 13.3. The lowest BCUT2D eigenvalue weighted by Crippen LogP contribution is -2.42. The molecule has 35 heavy (non-hydrogen) atoms. The zero-order valence-electron chi connectivity index (χ0n) is 21.1. The molecule has 0 radical (unpaired) electrons. The molecule has 1 amide bonds. The van der Waals surface area contributed by atoms with Crippen molar-refractivity contribution < 1.29 is 4.79 Å². The van der Waals surface area contributed by atoms with Crippen LogP contribution in [0, 0.1) is 6.92 Å². The molecule has 0 atom stereocenters. The van der Waals surface area contributed by atoms with Crippen molar-refractivity contribution in [3.8, 4) is 11.3 Å². The summed E-state index contributed by atoms with van der Waals surface area (Å²) in [4.78, 5) is 25.7. The number of aromatic nitrogens is 2. The molecule has 7 heteroatoms. The zero-order chi connectivity index (χ0) is 24.9. The first-order chi connectivity index (χ1) is 16.9. The number of benzene rings is 2. The molecule has 2 N–H and O–H groups in total. The van der Waals surface area contributed by atoms with Crippen molar-refractivity contribution in [2.24, 2.45) is 0 Å². The van der Waals surface area contributed by atoms with Crippen molar-refractivity contribution in [3.05, 3.63) is 70.6 Å². The highest BCUT2D eigenvalue weighted by molar-refractivity contribution is 6.31. The molecule has 186 valence electrons. The van der Waals surface area contributed by atoms with E-state index in [0.717, 1.165) is 47.6 Å². The van der Waals surface area contributed by atoms with Crippen LogP contribution < -0.4 is 10.2 Å². The van der Waals surface area contributed by atoms with Crippen molar-refractivity contribution in [3.63, 3.8) is 0 Å². The van der Waals surface area contributed by atoms with Gasteiger partial charge in [0.2, 0.25) is 0 Å². The van der Waals surface area contributed by atoms with Crippen LogP contribution in [0.1, 0.15) is 54.2 Å². The van der Waals surface area contributed by atoms with Gasteiger partial charge >= 0.3 is 0 Å². The second-order valence-corrected chi connectivity index (χ2v) is 10.0. The van der Waals surface area contributed by atoms with Crippen molar-refractivity contribution in [2.45, 2.75) is 58.2 Å². The molecule has 6 nitrogen and oxygen atoms in total. The minimum absolute atomic E-state index is 0.132. The van der Waals surface area contributed by atoms with E-state index in [1.807, 2.05) is 43.3 Å². The smallest absolute Gasteiger partial charge is 0.251 e. The van der Waals surface area contributed by atoms with Gasteiger partial charge in [-0.25, -0.2) is 4.98 Å². The number of hydrogen-bond donors (Lipinski definition) is 2. The third-order valence-corrected chi connectivity index (χ3v) is 7.49. The number of H-pyrrole nitrogens is 1. The molecule has 2 aromatic carbocycles. The molecule has 0 saturated heterocycles. The average Bonchev–Trinajstić information content (AvgIpc) is 3.34. The number of carbonyl (C=O) groups is 1. The van der Waals surface area contributed by atoms with Gasteiger partial charge in [0.25, 0.3) is 5.91 Å². The van der Waals surface area contributed by atoms with Crippen molar-refractivity contribution >= 4 is 23.2 Å². The number of halogens is 1. The number of nitrogens with one attached hydrogen (secondary N) is 2. The molecule has 1 aliphatic carbocycles. The number of amides is 1. The fourth-order valence-electron chi connectivity index (χ4n) is 5.27. The molecule has 4 rings (SSSR count). The molecule has 0 aliphatic heterocycles. The molecule has 1 heterocycles. The zero-order valence-corrected chi connectivity index (χ0v) is 21.9. The quantitative estimate of drug-likeness (QED) is 0.424. The second-order valence-electron chi connectivity index (χ2n) is 9.59. The number of aromatic amines is 1. The van der Waals surface area contributed by atoms with Gasteiger partial charge in [-0.15, -0.1) is 0 Å². The SMILES string of the molecule is CCN(c1cc(Cl)cc(C(=O)NCc2[nH]cnc2-c2ccccc2)c1C)[C@H]1CC[C@H](N(C)C)CC1. The summed E-state index contributed by atoms with van der Waals surface area (Å²) in [7, 11) is 4.33. The minimum Gasteiger partial charge on any atom is -0.369 e. The lowest BCUT2D eigenvalue weighted by Gasteiger charge is -2.40. The predicted molar refractivity (Wildman–Crippen MR) is 144 cm³/mol. The Balaban J connectivity index is 1.51. The summed E-state index contributed by atoms with van der Waals surface area (Å²) >= 11 is 6.55. The van der Waals surface area contributed by atoms with Gasteiger partial charge in [-0.2, -0.15) is 0 Å². The van der Waals surface area contributed by atoms with Gasteiger partial charge in [-0.3, -0.25) is 4.79 Å². The lowest BCUT2D eigenvalue weighted by molar-refractivity contribution is 0.0950. The Morgan fingerprint density at radius 3 is 2.46 bits per heavy atom. The largest absolute Gasteiger partial charge is 0.369 e. The van der Waals surface area contributed by atoms with Crippen LogP contribution >= 0.6 is 11.6 Å². The molecule has 0 unspecified atom stereocenters. The van der Waals surface area contributed by atoms with E-state index in [9.17, 15) is 4.79 Å². The van der Waals surface area contributed by atoms with Gasteiger partial charge in [0.05, 0.1) is 24.3 Å². The van der Waals surface area contributed by atoms with E-state index in [0.29, 0.717) is 29.2 Å². The van der Waals surface area contributed by atoms with Crippen LogP contribution in [0.2, 0.25) is 5.02 Å². The number of imidazole rings is 1. The van der Waals surface area contributed by atoms with Crippen LogP contribution in [0.4, 0.5) is 5.69 Å². The van der Waals surface area contributed by atoms with E-state index in [4.69, 9.17) is 11.6 Å². The van der Waals surface area contributed by atoms with Crippen molar-refractivity contribution in [2.75, 3.05) is 25.5 Å². The summed E-state index contributed by atoms with van der Waals surface area (Å²) in [5.41, 5.74) is 5.38. The second kappa shape index (κ2) is 11.3. The number of carbonyl (C=O) groups excluding carboxylic acids is 1. The van der Waals surface area contributed by atoms with Crippen LogP contribution in [0.25, 0.3) is 11.3 Å². The summed E-state index contributed by atoms with van der Waals surface area (Å²) in [6.07, 6.45) is 6.33.